The van der Waals surface area contributed by atoms with Gasteiger partial charge < -0.3 is 10.2 Å². The quantitative estimate of drug-likeness (QED) is 0.779. The lowest BCUT2D eigenvalue weighted by Crippen LogP contribution is -2.15. The molecule has 21 heavy (non-hydrogen) atoms. The van der Waals surface area contributed by atoms with Crippen LogP contribution in [-0.2, 0) is 0 Å². The molecule has 0 saturated heterocycles. The van der Waals surface area contributed by atoms with Crippen LogP contribution in [-0.4, -0.2) is 12.3 Å². The van der Waals surface area contributed by atoms with Crippen molar-refractivity contribution in [2.24, 2.45) is 17.6 Å². The lowest BCUT2D eigenvalue weighted by Gasteiger charge is -2.19. The second-order valence-corrected chi connectivity index (χ2v) is 5.84. The number of benzene rings is 1. The molecule has 3 nitrogen and oxygen atoms in total. The molecule has 0 aliphatic heterocycles. The Bertz CT molecular complexity index is 618. The molecule has 0 spiro atoms. The van der Waals surface area contributed by atoms with Crippen LogP contribution in [0.25, 0.3) is 11.0 Å². The van der Waals surface area contributed by atoms with Crippen molar-refractivity contribution >= 4 is 16.8 Å². The third kappa shape index (κ3) is 3.91. The number of halogens is 1. The highest BCUT2D eigenvalue weighted by Crippen LogP contribution is 2.24. The molecule has 1 atom stereocenters. The van der Waals surface area contributed by atoms with Gasteiger partial charge in [0.15, 0.2) is 11.5 Å². The number of furan rings is 1. The molecule has 0 fully saturated rings. The molecule has 0 amide bonds. The highest BCUT2D eigenvalue weighted by molar-refractivity contribution is 5.97. The van der Waals surface area contributed by atoms with Gasteiger partial charge in [0.05, 0.1) is 0 Å². The topological polar surface area (TPSA) is 56.2 Å². The lowest BCUT2D eigenvalue weighted by atomic mass is 9.87. The fourth-order valence-electron chi connectivity index (χ4n) is 2.62. The third-order valence-corrected chi connectivity index (χ3v) is 3.98. The van der Waals surface area contributed by atoms with Gasteiger partial charge in [-0.05, 0) is 55.5 Å². The zero-order valence-corrected chi connectivity index (χ0v) is 12.6. The normalized spacial score (nSPS) is 13.0. The van der Waals surface area contributed by atoms with E-state index < -0.39 is 0 Å². The standard InChI is InChI=1S/C17H22FNO2/c1-11(2)12(7-8-19)3-5-15(20)17-10-13-9-14(18)4-6-16(13)21-17/h4,6,9-12H,3,5,7-8,19H2,1-2H3. The molecule has 1 aromatic heterocycles. The Morgan fingerprint density at radius 1 is 1.29 bits per heavy atom. The molecule has 1 aromatic carbocycles. The van der Waals surface area contributed by atoms with Crippen LogP contribution in [0.4, 0.5) is 4.39 Å². The lowest BCUT2D eigenvalue weighted by molar-refractivity contribution is 0.0944. The Hall–Kier alpha value is -1.68. The van der Waals surface area contributed by atoms with Gasteiger partial charge in [0, 0.05) is 11.8 Å². The van der Waals surface area contributed by atoms with Crippen LogP contribution in [0.5, 0.6) is 0 Å². The maximum atomic E-state index is 13.1. The average Bonchev–Trinajstić information content (AvgIpc) is 2.85. The summed E-state index contributed by atoms with van der Waals surface area (Å²) in [5.41, 5.74) is 6.15. The van der Waals surface area contributed by atoms with E-state index in [1.165, 1.54) is 12.1 Å². The van der Waals surface area contributed by atoms with Crippen molar-refractivity contribution in [2.45, 2.75) is 33.1 Å². The fourth-order valence-corrected chi connectivity index (χ4v) is 2.62. The molecule has 2 N–H and O–H groups in total. The maximum absolute atomic E-state index is 13.1. The van der Waals surface area contributed by atoms with E-state index in [0.717, 1.165) is 12.8 Å². The van der Waals surface area contributed by atoms with Crippen LogP contribution in [0.2, 0.25) is 0 Å². The number of hydrogen-bond donors (Lipinski definition) is 1. The number of Topliss-reactive ketones (excluding diaryl/α,β-unsaturated/α-hetero) is 1. The molecule has 2 rings (SSSR count). The second-order valence-electron chi connectivity index (χ2n) is 5.84. The molecular weight excluding hydrogens is 269 g/mol. The Morgan fingerprint density at radius 3 is 2.71 bits per heavy atom. The van der Waals surface area contributed by atoms with Gasteiger partial charge in [-0.25, -0.2) is 4.39 Å². The molecule has 114 valence electrons. The Labute approximate surface area is 124 Å². The summed E-state index contributed by atoms with van der Waals surface area (Å²) in [6, 6.07) is 5.87. The predicted octanol–water partition coefficient (Wildman–Crippen LogP) is 4.16. The average molecular weight is 291 g/mol. The first-order valence-electron chi connectivity index (χ1n) is 7.43. The van der Waals surface area contributed by atoms with Crippen LogP contribution in [0.3, 0.4) is 0 Å². The van der Waals surface area contributed by atoms with Crippen molar-refractivity contribution in [3.63, 3.8) is 0 Å². The summed E-state index contributed by atoms with van der Waals surface area (Å²) in [4.78, 5) is 12.2. The van der Waals surface area contributed by atoms with Crippen LogP contribution in [0, 0.1) is 17.7 Å². The molecule has 0 aliphatic rings. The number of carbonyl (C=O) groups excluding carboxylic acids is 1. The summed E-state index contributed by atoms with van der Waals surface area (Å²) in [6.45, 7) is 4.94. The first kappa shape index (κ1) is 15.7. The number of nitrogens with two attached hydrogens (primary N) is 1. The third-order valence-electron chi connectivity index (χ3n) is 3.98. The second kappa shape index (κ2) is 6.85. The SMILES string of the molecule is CC(C)C(CCN)CCC(=O)c1cc2cc(F)ccc2o1. The maximum Gasteiger partial charge on any atom is 0.198 e. The number of fused-ring (bicyclic) bond motifs is 1. The zero-order valence-electron chi connectivity index (χ0n) is 12.6. The van der Waals surface area contributed by atoms with Gasteiger partial charge in [0.1, 0.15) is 11.4 Å². The van der Waals surface area contributed by atoms with Crippen molar-refractivity contribution in [3.05, 3.63) is 35.8 Å². The van der Waals surface area contributed by atoms with E-state index in [-0.39, 0.29) is 11.6 Å². The molecule has 0 bridgehead atoms. The minimum atomic E-state index is -0.329. The summed E-state index contributed by atoms with van der Waals surface area (Å²) < 4.78 is 18.6. The molecule has 0 radical (unpaired) electrons. The molecule has 1 heterocycles. The van der Waals surface area contributed by atoms with E-state index in [0.29, 0.717) is 41.5 Å². The highest BCUT2D eigenvalue weighted by atomic mass is 19.1. The molecule has 4 heteroatoms. The van der Waals surface area contributed by atoms with E-state index in [4.69, 9.17) is 10.2 Å². The van der Waals surface area contributed by atoms with Crippen molar-refractivity contribution in [1.29, 1.82) is 0 Å². The first-order chi connectivity index (χ1) is 10.0. The molecule has 2 aromatic rings. The first-order valence-corrected chi connectivity index (χ1v) is 7.43. The predicted molar refractivity (Wildman–Crippen MR) is 81.7 cm³/mol. The van der Waals surface area contributed by atoms with Crippen LogP contribution in [0.15, 0.2) is 28.7 Å². The Kier molecular flexibility index (Phi) is 5.12. The van der Waals surface area contributed by atoms with Crippen molar-refractivity contribution in [2.75, 3.05) is 6.54 Å². The van der Waals surface area contributed by atoms with Crippen LogP contribution in [0.1, 0.15) is 43.7 Å². The largest absolute Gasteiger partial charge is 0.453 e. The summed E-state index contributed by atoms with van der Waals surface area (Å²) in [7, 11) is 0. The Morgan fingerprint density at radius 2 is 2.05 bits per heavy atom. The van der Waals surface area contributed by atoms with Gasteiger partial charge in [-0.2, -0.15) is 0 Å². The summed E-state index contributed by atoms with van der Waals surface area (Å²) in [6.07, 6.45) is 2.17. The molecular formula is C17H22FNO2. The minimum absolute atomic E-state index is 0.0331. The van der Waals surface area contributed by atoms with Gasteiger partial charge in [-0.3, -0.25) is 4.79 Å². The van der Waals surface area contributed by atoms with Gasteiger partial charge in [0.2, 0.25) is 0 Å². The van der Waals surface area contributed by atoms with Crippen molar-refractivity contribution in [3.8, 4) is 0 Å². The van der Waals surface area contributed by atoms with Gasteiger partial charge in [-0.1, -0.05) is 13.8 Å². The van der Waals surface area contributed by atoms with Gasteiger partial charge in [0.25, 0.3) is 0 Å². The van der Waals surface area contributed by atoms with Gasteiger partial charge >= 0.3 is 0 Å². The van der Waals surface area contributed by atoms with E-state index in [1.807, 2.05) is 0 Å². The summed E-state index contributed by atoms with van der Waals surface area (Å²) >= 11 is 0. The minimum Gasteiger partial charge on any atom is -0.453 e. The van der Waals surface area contributed by atoms with E-state index in [2.05, 4.69) is 13.8 Å². The highest BCUT2D eigenvalue weighted by Gasteiger charge is 2.17. The number of hydrogen-bond acceptors (Lipinski definition) is 3. The summed E-state index contributed by atoms with van der Waals surface area (Å²) in [5, 5.41) is 0.626. The fraction of sp³-hybridized carbons (Fsp3) is 0.471. The molecule has 0 saturated carbocycles. The number of rotatable bonds is 7. The smallest absolute Gasteiger partial charge is 0.198 e. The van der Waals surface area contributed by atoms with E-state index in [1.54, 1.807) is 12.1 Å². The van der Waals surface area contributed by atoms with E-state index >= 15 is 0 Å². The van der Waals surface area contributed by atoms with Gasteiger partial charge in [-0.15, -0.1) is 0 Å². The van der Waals surface area contributed by atoms with Crippen molar-refractivity contribution < 1.29 is 13.6 Å². The van der Waals surface area contributed by atoms with Crippen LogP contribution < -0.4 is 5.73 Å². The summed E-state index contributed by atoms with van der Waals surface area (Å²) in [5.74, 6) is 0.900. The monoisotopic (exact) mass is 291 g/mol. The van der Waals surface area contributed by atoms with Crippen molar-refractivity contribution in [1.82, 2.24) is 0 Å². The van der Waals surface area contributed by atoms with E-state index in [9.17, 15) is 9.18 Å². The van der Waals surface area contributed by atoms with Crippen LogP contribution >= 0.6 is 0 Å². The number of ketones is 1. The molecule has 0 aliphatic carbocycles. The molecule has 1 unspecified atom stereocenters. The Balaban J connectivity index is 2.04. The zero-order chi connectivity index (χ0) is 15.4. The number of carbonyl (C=O) groups is 1.